The molecule has 5 heteroatoms. The molecule has 0 aliphatic heterocycles. The van der Waals surface area contributed by atoms with Gasteiger partial charge in [0, 0.05) is 11.8 Å². The standard InChI is InChI=1S/C20H19NO3S/c1-25(22,23)20-18(11-6-12-19(20)21)16-9-5-10-17(13-16)24-14-15-7-3-2-4-8-15/h2-13H,14,21H2,1H3. The lowest BCUT2D eigenvalue weighted by molar-refractivity contribution is 0.306. The molecule has 3 aromatic carbocycles. The van der Waals surface area contributed by atoms with Crippen LogP contribution in [-0.4, -0.2) is 14.7 Å². The van der Waals surface area contributed by atoms with E-state index in [2.05, 4.69) is 0 Å². The van der Waals surface area contributed by atoms with Crippen molar-refractivity contribution in [2.24, 2.45) is 0 Å². The van der Waals surface area contributed by atoms with Crippen molar-refractivity contribution in [2.45, 2.75) is 11.5 Å². The number of hydrogen-bond donors (Lipinski definition) is 1. The fourth-order valence-corrected chi connectivity index (χ4v) is 3.77. The van der Waals surface area contributed by atoms with Gasteiger partial charge in [0.05, 0.1) is 10.6 Å². The predicted molar refractivity (Wildman–Crippen MR) is 100 cm³/mol. The summed E-state index contributed by atoms with van der Waals surface area (Å²) in [4.78, 5) is 0.148. The molecule has 0 fully saturated rings. The highest BCUT2D eigenvalue weighted by molar-refractivity contribution is 7.91. The number of ether oxygens (including phenoxy) is 1. The molecule has 25 heavy (non-hydrogen) atoms. The summed E-state index contributed by atoms with van der Waals surface area (Å²) in [6.07, 6.45) is 1.16. The van der Waals surface area contributed by atoms with Gasteiger partial charge in [-0.2, -0.15) is 0 Å². The SMILES string of the molecule is CS(=O)(=O)c1c(N)cccc1-c1cccc(OCc2ccccc2)c1. The summed E-state index contributed by atoms with van der Waals surface area (Å²) in [7, 11) is -3.45. The molecule has 4 nitrogen and oxygen atoms in total. The van der Waals surface area contributed by atoms with E-state index in [1.165, 1.54) is 0 Å². The van der Waals surface area contributed by atoms with Gasteiger partial charge in [0.25, 0.3) is 0 Å². The molecule has 0 amide bonds. The number of rotatable bonds is 5. The van der Waals surface area contributed by atoms with Gasteiger partial charge in [-0.3, -0.25) is 0 Å². The first-order valence-electron chi connectivity index (χ1n) is 7.81. The second-order valence-electron chi connectivity index (χ2n) is 5.80. The summed E-state index contributed by atoms with van der Waals surface area (Å²) < 4.78 is 30.1. The normalized spacial score (nSPS) is 11.2. The minimum atomic E-state index is -3.45. The van der Waals surface area contributed by atoms with Crippen molar-refractivity contribution >= 4 is 15.5 Å². The van der Waals surface area contributed by atoms with Crippen molar-refractivity contribution in [3.63, 3.8) is 0 Å². The molecule has 0 bridgehead atoms. The Hall–Kier alpha value is -2.79. The van der Waals surface area contributed by atoms with Crippen molar-refractivity contribution < 1.29 is 13.2 Å². The summed E-state index contributed by atoms with van der Waals surface area (Å²) in [6, 6.07) is 22.3. The van der Waals surface area contributed by atoms with E-state index in [0.717, 1.165) is 17.4 Å². The summed E-state index contributed by atoms with van der Waals surface area (Å²) in [5, 5.41) is 0. The predicted octanol–water partition coefficient (Wildman–Crippen LogP) is 3.92. The number of nitrogens with two attached hydrogens (primary N) is 1. The van der Waals surface area contributed by atoms with Crippen LogP contribution in [0.3, 0.4) is 0 Å². The Kier molecular flexibility index (Phi) is 4.76. The van der Waals surface area contributed by atoms with Crippen LogP contribution in [0.15, 0.2) is 77.7 Å². The third-order valence-electron chi connectivity index (χ3n) is 3.81. The van der Waals surface area contributed by atoms with E-state index in [-0.39, 0.29) is 10.6 Å². The van der Waals surface area contributed by atoms with Crippen molar-refractivity contribution in [3.05, 3.63) is 78.4 Å². The second kappa shape index (κ2) is 6.99. The van der Waals surface area contributed by atoms with Crippen LogP contribution >= 0.6 is 0 Å². The number of anilines is 1. The fourth-order valence-electron chi connectivity index (χ4n) is 2.69. The lowest BCUT2D eigenvalue weighted by Gasteiger charge is -2.12. The summed E-state index contributed by atoms with van der Waals surface area (Å²) in [5.74, 6) is 0.670. The summed E-state index contributed by atoms with van der Waals surface area (Å²) in [6.45, 7) is 0.445. The first kappa shape index (κ1) is 17.0. The number of sulfone groups is 1. The minimum Gasteiger partial charge on any atom is -0.489 e. The van der Waals surface area contributed by atoms with Crippen molar-refractivity contribution in [1.82, 2.24) is 0 Å². The molecule has 0 aliphatic rings. The minimum absolute atomic E-state index is 0.148. The van der Waals surface area contributed by atoms with Crippen LogP contribution in [0.5, 0.6) is 5.75 Å². The first-order chi connectivity index (χ1) is 11.9. The lowest BCUT2D eigenvalue weighted by Crippen LogP contribution is -2.04. The molecule has 3 aromatic rings. The number of hydrogen-bond acceptors (Lipinski definition) is 4. The van der Waals surface area contributed by atoms with E-state index < -0.39 is 9.84 Å². The van der Waals surface area contributed by atoms with Crippen molar-refractivity contribution in [2.75, 3.05) is 12.0 Å². The van der Waals surface area contributed by atoms with Crippen LogP contribution in [0, 0.1) is 0 Å². The molecule has 0 heterocycles. The highest BCUT2D eigenvalue weighted by atomic mass is 32.2. The average molecular weight is 353 g/mol. The molecule has 2 N–H and O–H groups in total. The van der Waals surface area contributed by atoms with Crippen LogP contribution in [-0.2, 0) is 16.4 Å². The Morgan fingerprint density at radius 3 is 2.36 bits per heavy atom. The number of benzene rings is 3. The molecular weight excluding hydrogens is 334 g/mol. The Morgan fingerprint density at radius 1 is 0.920 bits per heavy atom. The van der Waals surface area contributed by atoms with Crippen LogP contribution in [0.4, 0.5) is 5.69 Å². The van der Waals surface area contributed by atoms with Gasteiger partial charge in [-0.1, -0.05) is 54.6 Å². The van der Waals surface area contributed by atoms with E-state index in [4.69, 9.17) is 10.5 Å². The van der Waals surface area contributed by atoms with Gasteiger partial charge in [-0.25, -0.2) is 8.42 Å². The monoisotopic (exact) mass is 353 g/mol. The maximum atomic E-state index is 12.1. The smallest absolute Gasteiger partial charge is 0.178 e. The molecule has 0 aliphatic carbocycles. The zero-order valence-corrected chi connectivity index (χ0v) is 14.7. The Bertz CT molecular complexity index is 983. The lowest BCUT2D eigenvalue weighted by atomic mass is 10.0. The molecule has 0 saturated carbocycles. The Labute approximate surface area is 147 Å². The molecule has 0 unspecified atom stereocenters. The zero-order valence-electron chi connectivity index (χ0n) is 13.8. The van der Waals surface area contributed by atoms with Crippen LogP contribution in [0.25, 0.3) is 11.1 Å². The maximum absolute atomic E-state index is 12.1. The summed E-state index contributed by atoms with van der Waals surface area (Å²) in [5.41, 5.74) is 8.54. The molecule has 0 saturated heterocycles. The first-order valence-corrected chi connectivity index (χ1v) is 9.70. The van der Waals surface area contributed by atoms with Gasteiger partial charge in [-0.15, -0.1) is 0 Å². The zero-order chi connectivity index (χ0) is 17.9. The average Bonchev–Trinajstić information content (AvgIpc) is 2.60. The van der Waals surface area contributed by atoms with Gasteiger partial charge < -0.3 is 10.5 Å². The van der Waals surface area contributed by atoms with E-state index >= 15 is 0 Å². The van der Waals surface area contributed by atoms with Crippen LogP contribution in [0.2, 0.25) is 0 Å². The Morgan fingerprint density at radius 2 is 1.64 bits per heavy atom. The molecule has 0 atom stereocenters. The second-order valence-corrected chi connectivity index (χ2v) is 7.75. The van der Waals surface area contributed by atoms with Crippen LogP contribution in [0.1, 0.15) is 5.56 Å². The molecule has 128 valence electrons. The molecule has 0 aromatic heterocycles. The number of nitrogen functional groups attached to an aromatic ring is 1. The third kappa shape index (κ3) is 4.00. The largest absolute Gasteiger partial charge is 0.489 e. The van der Waals surface area contributed by atoms with E-state index in [1.54, 1.807) is 18.2 Å². The topological polar surface area (TPSA) is 69.4 Å². The quantitative estimate of drug-likeness (QED) is 0.706. The molecular formula is C20H19NO3S. The highest BCUT2D eigenvalue weighted by Crippen LogP contribution is 2.33. The van der Waals surface area contributed by atoms with E-state index in [1.807, 2.05) is 54.6 Å². The van der Waals surface area contributed by atoms with Crippen molar-refractivity contribution in [3.8, 4) is 16.9 Å². The third-order valence-corrected chi connectivity index (χ3v) is 5.01. The fraction of sp³-hybridized carbons (Fsp3) is 0.100. The van der Waals surface area contributed by atoms with Gasteiger partial charge >= 0.3 is 0 Å². The van der Waals surface area contributed by atoms with Gasteiger partial charge in [-0.05, 0) is 29.3 Å². The molecule has 3 rings (SSSR count). The highest BCUT2D eigenvalue weighted by Gasteiger charge is 2.18. The van der Waals surface area contributed by atoms with Gasteiger partial charge in [0.1, 0.15) is 12.4 Å². The summed E-state index contributed by atoms with van der Waals surface area (Å²) >= 11 is 0. The van der Waals surface area contributed by atoms with Crippen molar-refractivity contribution in [1.29, 1.82) is 0 Å². The van der Waals surface area contributed by atoms with Crippen LogP contribution < -0.4 is 10.5 Å². The maximum Gasteiger partial charge on any atom is 0.178 e. The Balaban J connectivity index is 1.94. The van der Waals surface area contributed by atoms with E-state index in [0.29, 0.717) is 17.9 Å². The van der Waals surface area contributed by atoms with Gasteiger partial charge in [0.2, 0.25) is 0 Å². The molecule has 0 radical (unpaired) electrons. The molecule has 0 spiro atoms. The van der Waals surface area contributed by atoms with Gasteiger partial charge in [0.15, 0.2) is 9.84 Å². The van der Waals surface area contributed by atoms with E-state index in [9.17, 15) is 8.42 Å².